The number of hydrogen-bond donors (Lipinski definition) is 3. The van der Waals surface area contributed by atoms with Crippen molar-refractivity contribution in [3.8, 4) is 11.3 Å². The molecular weight excluding hydrogens is 306 g/mol. The van der Waals surface area contributed by atoms with E-state index in [0.717, 1.165) is 0 Å². The molecule has 0 unspecified atom stereocenters. The van der Waals surface area contributed by atoms with E-state index in [9.17, 15) is 9.59 Å². The molecule has 22 heavy (non-hydrogen) atoms. The van der Waals surface area contributed by atoms with Crippen LogP contribution in [-0.2, 0) is 4.79 Å². The molecule has 1 atom stereocenters. The zero-order valence-electron chi connectivity index (χ0n) is 12.1. The van der Waals surface area contributed by atoms with Gasteiger partial charge < -0.3 is 10.4 Å². The first-order valence-electron chi connectivity index (χ1n) is 6.74. The third-order valence-electron chi connectivity index (χ3n) is 3.19. The van der Waals surface area contributed by atoms with E-state index in [2.05, 4.69) is 15.5 Å². The number of carboxylic acid groups (broad SMARTS) is 1. The van der Waals surface area contributed by atoms with Crippen molar-refractivity contribution in [2.24, 2.45) is 5.92 Å². The summed E-state index contributed by atoms with van der Waals surface area (Å²) in [5, 5.41) is 18.7. The Morgan fingerprint density at radius 2 is 2.00 bits per heavy atom. The van der Waals surface area contributed by atoms with Crippen LogP contribution in [-0.4, -0.2) is 33.2 Å². The van der Waals surface area contributed by atoms with Gasteiger partial charge in [0, 0.05) is 5.56 Å². The molecule has 1 aromatic carbocycles. The van der Waals surface area contributed by atoms with Gasteiger partial charge in [0.05, 0.1) is 10.7 Å². The predicted molar refractivity (Wildman–Crippen MR) is 82.8 cm³/mol. The van der Waals surface area contributed by atoms with E-state index in [4.69, 9.17) is 16.7 Å². The summed E-state index contributed by atoms with van der Waals surface area (Å²) in [6.45, 7) is 3.45. The van der Waals surface area contributed by atoms with Gasteiger partial charge in [-0.15, -0.1) is 0 Å². The van der Waals surface area contributed by atoms with Gasteiger partial charge in [0.2, 0.25) is 0 Å². The normalized spacial score (nSPS) is 12.2. The number of aromatic amines is 1. The van der Waals surface area contributed by atoms with Crippen molar-refractivity contribution in [2.45, 2.75) is 19.9 Å². The second-order valence-corrected chi connectivity index (χ2v) is 5.59. The maximum absolute atomic E-state index is 12.1. The number of amides is 1. The van der Waals surface area contributed by atoms with Gasteiger partial charge in [0.1, 0.15) is 11.7 Å². The SMILES string of the molecule is CC(C)[C@H](NC(=O)c1cc(-c2ccccc2Cl)n[nH]1)C(=O)O. The molecule has 0 aliphatic heterocycles. The zero-order valence-corrected chi connectivity index (χ0v) is 12.9. The van der Waals surface area contributed by atoms with Crippen LogP contribution in [0.2, 0.25) is 5.02 Å². The van der Waals surface area contributed by atoms with Gasteiger partial charge in [-0.25, -0.2) is 4.79 Å². The zero-order chi connectivity index (χ0) is 16.3. The molecule has 0 saturated heterocycles. The largest absolute Gasteiger partial charge is 0.480 e. The molecule has 0 aliphatic carbocycles. The smallest absolute Gasteiger partial charge is 0.326 e. The van der Waals surface area contributed by atoms with Crippen LogP contribution >= 0.6 is 11.6 Å². The highest BCUT2D eigenvalue weighted by atomic mass is 35.5. The first-order valence-corrected chi connectivity index (χ1v) is 7.12. The van der Waals surface area contributed by atoms with Gasteiger partial charge in [-0.2, -0.15) is 5.10 Å². The molecule has 116 valence electrons. The van der Waals surface area contributed by atoms with Crippen LogP contribution in [0.1, 0.15) is 24.3 Å². The Bertz CT molecular complexity index is 697. The summed E-state index contributed by atoms with van der Waals surface area (Å²) in [6.07, 6.45) is 0. The third-order valence-corrected chi connectivity index (χ3v) is 3.52. The highest BCUT2D eigenvalue weighted by Gasteiger charge is 2.24. The number of halogens is 1. The van der Waals surface area contributed by atoms with Gasteiger partial charge in [0.15, 0.2) is 0 Å². The topological polar surface area (TPSA) is 95.1 Å². The number of nitrogens with one attached hydrogen (secondary N) is 2. The molecular formula is C15H16ClN3O3. The molecule has 0 spiro atoms. The van der Waals surface area contributed by atoms with Crippen molar-refractivity contribution in [1.29, 1.82) is 0 Å². The number of aliphatic carboxylic acids is 1. The quantitative estimate of drug-likeness (QED) is 0.788. The maximum atomic E-state index is 12.1. The van der Waals surface area contributed by atoms with E-state index in [1.807, 2.05) is 6.07 Å². The molecule has 0 bridgehead atoms. The number of carbonyl (C=O) groups is 2. The summed E-state index contributed by atoms with van der Waals surface area (Å²) in [5.41, 5.74) is 1.40. The first-order chi connectivity index (χ1) is 10.4. The third kappa shape index (κ3) is 3.46. The number of benzene rings is 1. The fraction of sp³-hybridized carbons (Fsp3) is 0.267. The molecule has 1 amide bonds. The van der Waals surface area contributed by atoms with Crippen LogP contribution in [0.4, 0.5) is 0 Å². The minimum Gasteiger partial charge on any atom is -0.480 e. The number of carbonyl (C=O) groups excluding carboxylic acids is 1. The fourth-order valence-corrected chi connectivity index (χ4v) is 2.21. The Labute approximate surface area is 132 Å². The number of carboxylic acids is 1. The summed E-state index contributed by atoms with van der Waals surface area (Å²) >= 11 is 6.08. The number of nitrogens with zero attached hydrogens (tertiary/aromatic N) is 1. The predicted octanol–water partition coefficient (Wildman–Crippen LogP) is 2.57. The Morgan fingerprint density at radius 1 is 1.32 bits per heavy atom. The molecule has 2 rings (SSSR count). The lowest BCUT2D eigenvalue weighted by molar-refractivity contribution is -0.140. The Balaban J connectivity index is 2.19. The summed E-state index contributed by atoms with van der Waals surface area (Å²) in [5.74, 6) is -1.83. The van der Waals surface area contributed by atoms with Crippen molar-refractivity contribution in [3.05, 3.63) is 41.0 Å². The average molecular weight is 322 g/mol. The van der Waals surface area contributed by atoms with Gasteiger partial charge in [0.25, 0.3) is 5.91 Å². The van der Waals surface area contributed by atoms with E-state index in [0.29, 0.717) is 16.3 Å². The van der Waals surface area contributed by atoms with Gasteiger partial charge in [-0.1, -0.05) is 43.6 Å². The Morgan fingerprint density at radius 3 is 2.59 bits per heavy atom. The molecule has 0 radical (unpaired) electrons. The molecule has 1 heterocycles. The van der Waals surface area contributed by atoms with E-state index in [-0.39, 0.29) is 11.6 Å². The summed E-state index contributed by atoms with van der Waals surface area (Å²) in [6, 6.07) is 7.70. The lowest BCUT2D eigenvalue weighted by atomic mass is 10.0. The van der Waals surface area contributed by atoms with Crippen LogP contribution in [0.5, 0.6) is 0 Å². The standard InChI is InChI=1S/C15H16ClN3O3/c1-8(2)13(15(21)22)17-14(20)12-7-11(18-19-12)9-5-3-4-6-10(9)16/h3-8,13H,1-2H3,(H,17,20)(H,18,19)(H,21,22)/t13-/m0/s1. The molecule has 0 fully saturated rings. The summed E-state index contributed by atoms with van der Waals surface area (Å²) < 4.78 is 0. The van der Waals surface area contributed by atoms with Crippen LogP contribution in [0, 0.1) is 5.92 Å². The van der Waals surface area contributed by atoms with Crippen molar-refractivity contribution in [3.63, 3.8) is 0 Å². The lowest BCUT2D eigenvalue weighted by Gasteiger charge is -2.17. The summed E-state index contributed by atoms with van der Waals surface area (Å²) in [7, 11) is 0. The minimum absolute atomic E-state index is 0.182. The Hall–Kier alpha value is -2.34. The second kappa shape index (κ2) is 6.62. The number of hydrogen-bond acceptors (Lipinski definition) is 3. The number of H-pyrrole nitrogens is 1. The maximum Gasteiger partial charge on any atom is 0.326 e. The number of rotatable bonds is 5. The van der Waals surface area contributed by atoms with E-state index in [1.165, 1.54) is 6.07 Å². The molecule has 0 aliphatic rings. The van der Waals surface area contributed by atoms with E-state index < -0.39 is 17.9 Å². The Kier molecular flexibility index (Phi) is 4.82. The van der Waals surface area contributed by atoms with Crippen LogP contribution in [0.25, 0.3) is 11.3 Å². The monoisotopic (exact) mass is 321 g/mol. The van der Waals surface area contributed by atoms with Crippen molar-refractivity contribution < 1.29 is 14.7 Å². The van der Waals surface area contributed by atoms with Crippen LogP contribution in [0.15, 0.2) is 30.3 Å². The first kappa shape index (κ1) is 16.0. The highest BCUT2D eigenvalue weighted by molar-refractivity contribution is 6.33. The molecule has 2 aromatic rings. The molecule has 7 heteroatoms. The van der Waals surface area contributed by atoms with E-state index in [1.54, 1.807) is 32.0 Å². The second-order valence-electron chi connectivity index (χ2n) is 5.18. The fourth-order valence-electron chi connectivity index (χ4n) is 1.98. The lowest BCUT2D eigenvalue weighted by Crippen LogP contribution is -2.44. The van der Waals surface area contributed by atoms with Crippen LogP contribution < -0.4 is 5.32 Å². The highest BCUT2D eigenvalue weighted by Crippen LogP contribution is 2.26. The van der Waals surface area contributed by atoms with E-state index >= 15 is 0 Å². The number of aromatic nitrogens is 2. The minimum atomic E-state index is -1.07. The molecule has 1 aromatic heterocycles. The van der Waals surface area contributed by atoms with Gasteiger partial charge in [-0.05, 0) is 18.1 Å². The molecule has 0 saturated carbocycles. The van der Waals surface area contributed by atoms with Gasteiger partial charge in [-0.3, -0.25) is 9.89 Å². The summed E-state index contributed by atoms with van der Waals surface area (Å²) in [4.78, 5) is 23.2. The average Bonchev–Trinajstić information content (AvgIpc) is 2.94. The van der Waals surface area contributed by atoms with Crippen molar-refractivity contribution in [1.82, 2.24) is 15.5 Å². The molecule has 3 N–H and O–H groups in total. The van der Waals surface area contributed by atoms with Crippen LogP contribution in [0.3, 0.4) is 0 Å². The molecule has 6 nitrogen and oxygen atoms in total. The van der Waals surface area contributed by atoms with Crippen molar-refractivity contribution in [2.75, 3.05) is 0 Å². The van der Waals surface area contributed by atoms with Crippen molar-refractivity contribution >= 4 is 23.5 Å². The van der Waals surface area contributed by atoms with Gasteiger partial charge >= 0.3 is 5.97 Å².